The Hall–Kier alpha value is -3.97. The van der Waals surface area contributed by atoms with E-state index in [2.05, 4.69) is 17.4 Å². The Labute approximate surface area is 219 Å². The van der Waals surface area contributed by atoms with Gasteiger partial charge in [0, 0.05) is 10.7 Å². The lowest BCUT2D eigenvalue weighted by molar-refractivity contribution is -0.122. The summed E-state index contributed by atoms with van der Waals surface area (Å²) in [7, 11) is 0. The Morgan fingerprint density at radius 2 is 1.62 bits per heavy atom. The number of esters is 1. The molecule has 0 spiro atoms. The smallest absolute Gasteiger partial charge is 0.338 e. The molecule has 1 saturated heterocycles. The summed E-state index contributed by atoms with van der Waals surface area (Å²) in [5.41, 5.74) is 2.19. The van der Waals surface area contributed by atoms with Crippen molar-refractivity contribution >= 4 is 46.7 Å². The molecule has 3 amide bonds. The van der Waals surface area contributed by atoms with Gasteiger partial charge in [0.05, 0.1) is 23.1 Å². The number of nitrogens with zero attached hydrogens (tertiary/aromatic N) is 1. The first-order valence-corrected chi connectivity index (χ1v) is 12.5. The molecule has 1 aliphatic carbocycles. The summed E-state index contributed by atoms with van der Waals surface area (Å²) in [5.74, 6) is -2.18. The molecule has 2 fully saturated rings. The number of ether oxygens (including phenoxy) is 1. The third-order valence-electron chi connectivity index (χ3n) is 7.00. The Balaban J connectivity index is 1.24. The number of nitrogens with one attached hydrogen (secondary N) is 1. The number of carbonyl (C=O) groups excluding carboxylic acids is 4. The highest BCUT2D eigenvalue weighted by Crippen LogP contribution is 2.45. The monoisotopic (exact) mass is 516 g/mol. The van der Waals surface area contributed by atoms with Gasteiger partial charge >= 0.3 is 5.97 Å². The van der Waals surface area contributed by atoms with E-state index in [0.717, 1.165) is 6.42 Å². The van der Waals surface area contributed by atoms with Gasteiger partial charge in [0.15, 0.2) is 6.61 Å². The number of hydrogen-bond acceptors (Lipinski definition) is 5. The largest absolute Gasteiger partial charge is 0.452 e. The van der Waals surface area contributed by atoms with Gasteiger partial charge in [-0.25, -0.2) is 4.79 Å². The molecule has 2 aliphatic rings. The number of imide groups is 1. The van der Waals surface area contributed by atoms with Crippen LogP contribution in [-0.4, -0.2) is 30.3 Å². The molecule has 1 heterocycles. The molecule has 0 unspecified atom stereocenters. The molecule has 37 heavy (non-hydrogen) atoms. The molecule has 1 aliphatic heterocycles. The van der Waals surface area contributed by atoms with Crippen LogP contribution in [0.3, 0.4) is 0 Å². The van der Waals surface area contributed by atoms with E-state index in [0.29, 0.717) is 29.2 Å². The average Bonchev–Trinajstić information content (AvgIpc) is 3.18. The quantitative estimate of drug-likeness (QED) is 0.358. The van der Waals surface area contributed by atoms with Crippen LogP contribution >= 0.6 is 11.6 Å². The second-order valence-electron chi connectivity index (χ2n) is 9.33. The van der Waals surface area contributed by atoms with Crippen molar-refractivity contribution in [2.75, 3.05) is 16.8 Å². The molecule has 5 rings (SSSR count). The van der Waals surface area contributed by atoms with E-state index in [9.17, 15) is 19.2 Å². The number of halogens is 1. The van der Waals surface area contributed by atoms with Gasteiger partial charge in [0.2, 0.25) is 11.8 Å². The lowest BCUT2D eigenvalue weighted by Gasteiger charge is -2.28. The topological polar surface area (TPSA) is 92.8 Å². The molecule has 3 aromatic rings. The van der Waals surface area contributed by atoms with Crippen LogP contribution in [0.1, 0.15) is 41.1 Å². The van der Waals surface area contributed by atoms with Crippen molar-refractivity contribution in [3.8, 4) is 0 Å². The van der Waals surface area contributed by atoms with Gasteiger partial charge in [0.1, 0.15) is 0 Å². The van der Waals surface area contributed by atoms with Crippen LogP contribution in [-0.2, 0) is 19.1 Å². The van der Waals surface area contributed by atoms with Crippen molar-refractivity contribution in [1.29, 1.82) is 0 Å². The zero-order valence-electron chi connectivity index (χ0n) is 19.9. The Bertz CT molecular complexity index is 1340. The highest BCUT2D eigenvalue weighted by Gasteiger charge is 2.50. The van der Waals surface area contributed by atoms with Crippen molar-refractivity contribution in [3.05, 3.63) is 95.0 Å². The molecule has 3 aromatic carbocycles. The number of carbonyl (C=O) groups is 4. The lowest BCUT2D eigenvalue weighted by atomic mass is 9.73. The third-order valence-corrected chi connectivity index (χ3v) is 7.25. The first-order chi connectivity index (χ1) is 17.9. The summed E-state index contributed by atoms with van der Waals surface area (Å²) in [6.07, 6.45) is 2.12. The zero-order valence-corrected chi connectivity index (χ0v) is 20.7. The van der Waals surface area contributed by atoms with E-state index in [1.165, 1.54) is 22.6 Å². The van der Waals surface area contributed by atoms with E-state index in [-0.39, 0.29) is 35.1 Å². The van der Waals surface area contributed by atoms with Crippen LogP contribution in [0.4, 0.5) is 11.4 Å². The highest BCUT2D eigenvalue weighted by atomic mass is 35.5. The number of fused-ring (bicyclic) bond motifs is 1. The number of amides is 3. The van der Waals surface area contributed by atoms with Gasteiger partial charge in [-0.15, -0.1) is 0 Å². The maximum atomic E-state index is 13.3. The Morgan fingerprint density at radius 1 is 0.892 bits per heavy atom. The maximum Gasteiger partial charge on any atom is 0.338 e. The number of benzene rings is 3. The summed E-state index contributed by atoms with van der Waals surface area (Å²) in [5, 5.41) is 3.15. The molecule has 0 aromatic heterocycles. The third kappa shape index (κ3) is 5.27. The predicted molar refractivity (Wildman–Crippen MR) is 139 cm³/mol. The molecule has 7 nitrogen and oxygen atoms in total. The SMILES string of the molecule is O=C(COC(=O)c1cccc(N2C(=O)[C@@H]3CC[C@H](c4ccccc4)C[C@H]3C2=O)c1)Nc1ccc(Cl)cc1. The van der Waals surface area contributed by atoms with Crippen molar-refractivity contribution in [1.82, 2.24) is 0 Å². The predicted octanol–water partition coefficient (Wildman–Crippen LogP) is 5.21. The highest BCUT2D eigenvalue weighted by molar-refractivity contribution is 6.30. The summed E-state index contributed by atoms with van der Waals surface area (Å²) >= 11 is 5.84. The molecule has 3 atom stereocenters. The maximum absolute atomic E-state index is 13.3. The Morgan fingerprint density at radius 3 is 2.38 bits per heavy atom. The molecule has 1 N–H and O–H groups in total. The number of anilines is 2. The molecule has 0 radical (unpaired) electrons. The summed E-state index contributed by atoms with van der Waals surface area (Å²) in [6, 6.07) is 22.8. The van der Waals surface area contributed by atoms with E-state index in [1.54, 1.807) is 36.4 Å². The van der Waals surface area contributed by atoms with Gasteiger partial charge in [-0.3, -0.25) is 19.3 Å². The molecule has 188 valence electrons. The first-order valence-electron chi connectivity index (χ1n) is 12.2. The molecule has 1 saturated carbocycles. The minimum atomic E-state index is -0.728. The van der Waals surface area contributed by atoms with Crippen LogP contribution in [0.25, 0.3) is 0 Å². The van der Waals surface area contributed by atoms with Crippen LogP contribution < -0.4 is 10.2 Å². The van der Waals surface area contributed by atoms with Gasteiger partial charge in [-0.05, 0) is 73.2 Å². The molecule has 8 heteroatoms. The van der Waals surface area contributed by atoms with E-state index in [4.69, 9.17) is 16.3 Å². The van der Waals surface area contributed by atoms with Crippen LogP contribution in [0.5, 0.6) is 0 Å². The van der Waals surface area contributed by atoms with Crippen LogP contribution in [0.2, 0.25) is 5.02 Å². The number of rotatable bonds is 6. The van der Waals surface area contributed by atoms with Gasteiger partial charge < -0.3 is 10.1 Å². The van der Waals surface area contributed by atoms with Crippen molar-refractivity contribution in [3.63, 3.8) is 0 Å². The fourth-order valence-corrected chi connectivity index (χ4v) is 5.30. The minimum Gasteiger partial charge on any atom is -0.452 e. The second-order valence-corrected chi connectivity index (χ2v) is 9.76. The normalized spacial score (nSPS) is 20.9. The van der Waals surface area contributed by atoms with E-state index >= 15 is 0 Å². The summed E-state index contributed by atoms with van der Waals surface area (Å²) in [6.45, 7) is -0.488. The summed E-state index contributed by atoms with van der Waals surface area (Å²) in [4.78, 5) is 52.5. The number of hydrogen-bond donors (Lipinski definition) is 1. The lowest BCUT2D eigenvalue weighted by Crippen LogP contribution is -2.31. The standard InChI is InChI=1S/C29H25ClN2O5/c30-21-10-12-22(13-11-21)31-26(33)17-37-29(36)20-7-4-8-23(15-20)32-27(34)24-14-9-19(16-25(24)28(32)35)18-5-2-1-3-6-18/h1-8,10-13,15,19,24-25H,9,14,16-17H2,(H,31,33)/t19-,24+,25+/m0/s1. The van der Waals surface area contributed by atoms with Gasteiger partial charge in [-0.1, -0.05) is 48.0 Å². The molecular formula is C29H25ClN2O5. The first kappa shape index (κ1) is 24.7. The van der Waals surface area contributed by atoms with Crippen molar-refractivity contribution < 1.29 is 23.9 Å². The summed E-state index contributed by atoms with van der Waals surface area (Å²) < 4.78 is 5.15. The molecular weight excluding hydrogens is 492 g/mol. The molecule has 0 bridgehead atoms. The zero-order chi connectivity index (χ0) is 25.9. The van der Waals surface area contributed by atoms with Crippen molar-refractivity contribution in [2.45, 2.75) is 25.2 Å². The van der Waals surface area contributed by atoms with Gasteiger partial charge in [-0.2, -0.15) is 0 Å². The van der Waals surface area contributed by atoms with Gasteiger partial charge in [0.25, 0.3) is 5.91 Å². The fourth-order valence-electron chi connectivity index (χ4n) is 5.18. The average molecular weight is 517 g/mol. The Kier molecular flexibility index (Phi) is 7.06. The van der Waals surface area contributed by atoms with Crippen LogP contribution in [0, 0.1) is 11.8 Å². The fraction of sp³-hybridized carbons (Fsp3) is 0.241. The van der Waals surface area contributed by atoms with E-state index < -0.39 is 18.5 Å². The van der Waals surface area contributed by atoms with Crippen LogP contribution in [0.15, 0.2) is 78.9 Å². The minimum absolute atomic E-state index is 0.148. The second kappa shape index (κ2) is 10.6. The van der Waals surface area contributed by atoms with Crippen molar-refractivity contribution in [2.24, 2.45) is 11.8 Å². The van der Waals surface area contributed by atoms with E-state index in [1.807, 2.05) is 18.2 Å².